The number of ether oxygens (including phenoxy) is 1. The maximum atomic E-state index is 14.7. The standard InChI is InChI=1S/C26H26F2N6O2/c1-15-20(8-18(12-30-15)17-6-7-34-24(9-17)32-26(29)33-34)25(35)31-13-21-22(28)10-19(27)11-23(21)36-14-16-4-2-3-5-16/h6-12,16H,2-5,13-14H2,1H3,(H2,29,33)(H,31,35). The number of nitrogen functional groups attached to an aromatic ring is 1. The van der Waals surface area contributed by atoms with Gasteiger partial charge in [0.05, 0.1) is 17.9 Å². The SMILES string of the molecule is Cc1ncc(-c2ccn3nc(N)nc3c2)cc1C(=O)NCc1c(F)cc(F)cc1OCC1CCCC1. The van der Waals surface area contributed by atoms with Crippen molar-refractivity contribution in [2.75, 3.05) is 12.3 Å². The third-order valence-corrected chi connectivity index (χ3v) is 6.51. The van der Waals surface area contributed by atoms with Crippen molar-refractivity contribution in [1.82, 2.24) is 24.9 Å². The Morgan fingerprint density at radius 1 is 1.19 bits per heavy atom. The summed E-state index contributed by atoms with van der Waals surface area (Å²) in [5, 5.41) is 6.79. The number of fused-ring (bicyclic) bond motifs is 1. The van der Waals surface area contributed by atoms with Crippen LogP contribution in [0.2, 0.25) is 0 Å². The fourth-order valence-electron chi connectivity index (χ4n) is 4.53. The van der Waals surface area contributed by atoms with Gasteiger partial charge in [0.15, 0.2) is 5.65 Å². The number of pyridine rings is 2. The van der Waals surface area contributed by atoms with Crippen LogP contribution < -0.4 is 15.8 Å². The van der Waals surface area contributed by atoms with E-state index in [-0.39, 0.29) is 23.8 Å². The van der Waals surface area contributed by atoms with Gasteiger partial charge in [0.25, 0.3) is 5.91 Å². The van der Waals surface area contributed by atoms with Gasteiger partial charge in [0.1, 0.15) is 17.4 Å². The zero-order valence-corrected chi connectivity index (χ0v) is 19.8. The summed E-state index contributed by atoms with van der Waals surface area (Å²) in [4.78, 5) is 21.6. The number of hydrogen-bond donors (Lipinski definition) is 2. The lowest BCUT2D eigenvalue weighted by molar-refractivity contribution is 0.0949. The third kappa shape index (κ3) is 4.98. The molecule has 0 bridgehead atoms. The van der Waals surface area contributed by atoms with E-state index in [4.69, 9.17) is 10.5 Å². The van der Waals surface area contributed by atoms with Crippen LogP contribution in [0, 0.1) is 24.5 Å². The summed E-state index contributed by atoms with van der Waals surface area (Å²) < 4.78 is 35.9. The van der Waals surface area contributed by atoms with Crippen molar-refractivity contribution in [3.63, 3.8) is 0 Å². The number of carbonyl (C=O) groups excluding carboxylic acids is 1. The number of nitrogens with zero attached hydrogens (tertiary/aromatic N) is 4. The van der Waals surface area contributed by atoms with Gasteiger partial charge in [-0.3, -0.25) is 9.78 Å². The van der Waals surface area contributed by atoms with Crippen LogP contribution >= 0.6 is 0 Å². The minimum atomic E-state index is -0.763. The second-order valence-corrected chi connectivity index (χ2v) is 9.05. The van der Waals surface area contributed by atoms with E-state index >= 15 is 0 Å². The lowest BCUT2D eigenvalue weighted by Gasteiger charge is -2.16. The molecule has 0 atom stereocenters. The van der Waals surface area contributed by atoms with E-state index in [1.54, 1.807) is 36.0 Å². The van der Waals surface area contributed by atoms with Crippen LogP contribution in [0.3, 0.4) is 0 Å². The van der Waals surface area contributed by atoms with E-state index < -0.39 is 17.5 Å². The Morgan fingerprint density at radius 3 is 2.81 bits per heavy atom. The molecule has 186 valence electrons. The fourth-order valence-corrected chi connectivity index (χ4v) is 4.53. The predicted molar refractivity (Wildman–Crippen MR) is 130 cm³/mol. The molecule has 1 fully saturated rings. The zero-order chi connectivity index (χ0) is 25.2. The molecular formula is C26H26F2N6O2. The monoisotopic (exact) mass is 492 g/mol. The first-order chi connectivity index (χ1) is 17.4. The minimum Gasteiger partial charge on any atom is -0.493 e. The van der Waals surface area contributed by atoms with E-state index in [0.29, 0.717) is 35.0 Å². The average Bonchev–Trinajstić information content (AvgIpc) is 3.50. The highest BCUT2D eigenvalue weighted by molar-refractivity contribution is 5.96. The van der Waals surface area contributed by atoms with Crippen molar-refractivity contribution in [3.8, 4) is 16.9 Å². The van der Waals surface area contributed by atoms with Gasteiger partial charge in [-0.1, -0.05) is 12.8 Å². The summed E-state index contributed by atoms with van der Waals surface area (Å²) in [5.41, 5.74) is 8.66. The Labute approximate surface area is 206 Å². The molecule has 1 aliphatic rings. The summed E-state index contributed by atoms with van der Waals surface area (Å²) in [6.45, 7) is 1.96. The third-order valence-electron chi connectivity index (χ3n) is 6.51. The van der Waals surface area contributed by atoms with Crippen LogP contribution in [-0.4, -0.2) is 32.1 Å². The molecule has 1 aromatic carbocycles. The minimum absolute atomic E-state index is 0.111. The largest absolute Gasteiger partial charge is 0.493 e. The molecule has 3 N–H and O–H groups in total. The van der Waals surface area contributed by atoms with Crippen molar-refractivity contribution in [3.05, 3.63) is 71.2 Å². The second-order valence-electron chi connectivity index (χ2n) is 9.05. The summed E-state index contributed by atoms with van der Waals surface area (Å²) >= 11 is 0. The molecule has 0 saturated heterocycles. The Kier molecular flexibility index (Phi) is 6.49. The topological polar surface area (TPSA) is 107 Å². The Hall–Kier alpha value is -4.08. The molecule has 36 heavy (non-hydrogen) atoms. The maximum absolute atomic E-state index is 14.7. The van der Waals surface area contributed by atoms with Crippen molar-refractivity contribution >= 4 is 17.5 Å². The molecule has 0 aliphatic heterocycles. The van der Waals surface area contributed by atoms with Gasteiger partial charge in [-0.05, 0) is 49.4 Å². The lowest BCUT2D eigenvalue weighted by Crippen LogP contribution is -2.25. The van der Waals surface area contributed by atoms with E-state index in [0.717, 1.165) is 37.3 Å². The number of rotatable bonds is 7. The van der Waals surface area contributed by atoms with Gasteiger partial charge < -0.3 is 15.8 Å². The van der Waals surface area contributed by atoms with Crippen LogP contribution in [0.5, 0.6) is 5.75 Å². The van der Waals surface area contributed by atoms with Gasteiger partial charge in [-0.15, -0.1) is 5.10 Å². The number of carbonyl (C=O) groups is 1. The quantitative estimate of drug-likeness (QED) is 0.395. The molecule has 4 aromatic rings. The molecule has 0 unspecified atom stereocenters. The van der Waals surface area contributed by atoms with Crippen LogP contribution in [0.1, 0.15) is 47.3 Å². The van der Waals surface area contributed by atoms with Gasteiger partial charge in [-0.25, -0.2) is 13.3 Å². The number of nitrogens with one attached hydrogen (secondary N) is 1. The van der Waals surface area contributed by atoms with Crippen LogP contribution in [0.25, 0.3) is 16.8 Å². The first kappa shape index (κ1) is 23.7. The maximum Gasteiger partial charge on any atom is 0.253 e. The molecule has 0 spiro atoms. The first-order valence-corrected chi connectivity index (χ1v) is 11.8. The number of anilines is 1. The van der Waals surface area contributed by atoms with E-state index in [1.807, 2.05) is 6.07 Å². The molecule has 1 aliphatic carbocycles. The number of benzene rings is 1. The van der Waals surface area contributed by atoms with Crippen molar-refractivity contribution in [2.45, 2.75) is 39.2 Å². The van der Waals surface area contributed by atoms with Crippen LogP contribution in [0.4, 0.5) is 14.7 Å². The smallest absolute Gasteiger partial charge is 0.253 e. The predicted octanol–water partition coefficient (Wildman–Crippen LogP) is 4.46. The molecule has 1 saturated carbocycles. The lowest BCUT2D eigenvalue weighted by atomic mass is 10.0. The number of aryl methyl sites for hydroxylation is 1. The zero-order valence-electron chi connectivity index (χ0n) is 19.8. The van der Waals surface area contributed by atoms with Crippen LogP contribution in [-0.2, 0) is 6.54 Å². The first-order valence-electron chi connectivity index (χ1n) is 11.8. The summed E-state index contributed by atoms with van der Waals surface area (Å²) in [5.74, 6) is -1.26. The van der Waals surface area contributed by atoms with Crippen molar-refractivity contribution in [1.29, 1.82) is 0 Å². The summed E-state index contributed by atoms with van der Waals surface area (Å²) in [7, 11) is 0. The second kappa shape index (κ2) is 9.88. The van der Waals surface area contributed by atoms with Gasteiger partial charge >= 0.3 is 0 Å². The number of hydrogen-bond acceptors (Lipinski definition) is 6. The number of aromatic nitrogens is 4. The molecule has 10 heteroatoms. The van der Waals surface area contributed by atoms with Gasteiger partial charge in [-0.2, -0.15) is 4.98 Å². The average molecular weight is 493 g/mol. The van der Waals surface area contributed by atoms with Crippen molar-refractivity contribution < 1.29 is 18.3 Å². The Balaban J connectivity index is 1.34. The Bertz CT molecular complexity index is 1430. The fraction of sp³-hybridized carbons (Fsp3) is 0.308. The number of halogens is 2. The van der Waals surface area contributed by atoms with Crippen LogP contribution in [0.15, 0.2) is 42.7 Å². The highest BCUT2D eigenvalue weighted by Crippen LogP contribution is 2.29. The summed E-state index contributed by atoms with van der Waals surface area (Å²) in [6.07, 6.45) is 7.75. The molecule has 3 aromatic heterocycles. The molecule has 5 rings (SSSR count). The van der Waals surface area contributed by atoms with Gasteiger partial charge in [0.2, 0.25) is 5.95 Å². The number of amides is 1. The van der Waals surface area contributed by atoms with E-state index in [9.17, 15) is 13.6 Å². The molecular weight excluding hydrogens is 466 g/mol. The van der Waals surface area contributed by atoms with E-state index in [1.165, 1.54) is 6.07 Å². The van der Waals surface area contributed by atoms with Crippen molar-refractivity contribution in [2.24, 2.45) is 5.92 Å². The number of nitrogens with two attached hydrogens (primary N) is 1. The van der Waals surface area contributed by atoms with E-state index in [2.05, 4.69) is 20.4 Å². The molecule has 3 heterocycles. The normalized spacial score (nSPS) is 13.9. The highest BCUT2D eigenvalue weighted by Gasteiger charge is 2.20. The summed E-state index contributed by atoms with van der Waals surface area (Å²) in [6, 6.07) is 7.28. The molecule has 1 amide bonds. The molecule has 8 nitrogen and oxygen atoms in total. The Morgan fingerprint density at radius 2 is 2.00 bits per heavy atom. The molecule has 0 radical (unpaired) electrons. The highest BCUT2D eigenvalue weighted by atomic mass is 19.1. The van der Waals surface area contributed by atoms with Gasteiger partial charge in [0, 0.05) is 42.2 Å².